The van der Waals surface area contributed by atoms with Crippen molar-refractivity contribution in [1.82, 2.24) is 4.90 Å². The van der Waals surface area contributed by atoms with E-state index in [0.717, 1.165) is 36.5 Å². The van der Waals surface area contributed by atoms with Gasteiger partial charge in [0.1, 0.15) is 11.6 Å². The van der Waals surface area contributed by atoms with Crippen LogP contribution in [0.15, 0.2) is 52.8 Å². The van der Waals surface area contributed by atoms with Gasteiger partial charge in [0.05, 0.1) is 5.71 Å². The zero-order valence-electron chi connectivity index (χ0n) is 15.7. The third kappa shape index (κ3) is 6.10. The second-order valence-electron chi connectivity index (χ2n) is 6.49. The minimum Gasteiger partial charge on any atom is -0.375 e. The van der Waals surface area contributed by atoms with Gasteiger partial charge in [-0.15, -0.1) is 12.4 Å². The molecule has 0 radical (unpaired) electrons. The molecule has 1 aliphatic heterocycles. The Hall–Kier alpha value is -1.94. The Labute approximate surface area is 161 Å². The summed E-state index contributed by atoms with van der Waals surface area (Å²) in [4.78, 5) is 6.86. The van der Waals surface area contributed by atoms with Gasteiger partial charge in [0.15, 0.2) is 0 Å². The molecular formula is C21H27ClF2N2. The molecule has 0 saturated carbocycles. The average molecular weight is 381 g/mol. The van der Waals surface area contributed by atoms with E-state index in [9.17, 15) is 8.78 Å². The van der Waals surface area contributed by atoms with Gasteiger partial charge in [-0.1, -0.05) is 6.58 Å². The van der Waals surface area contributed by atoms with Crippen molar-refractivity contribution >= 4 is 24.2 Å². The smallest absolute Gasteiger partial charge is 0.130 e. The Morgan fingerprint density at radius 2 is 1.77 bits per heavy atom. The van der Waals surface area contributed by atoms with Gasteiger partial charge >= 0.3 is 0 Å². The molecule has 1 aromatic rings. The first-order valence-electron chi connectivity index (χ1n) is 8.68. The van der Waals surface area contributed by atoms with Crippen molar-refractivity contribution in [2.75, 3.05) is 13.1 Å². The standard InChI is InChI=1S/C21H26F2N2.ClH/c1-15(2)24-21(11-8-18-14-19(22)9-10-20(18)23)16(3)17(4)25-12-6-5-7-13-25;/h8-11,14H,1,5-7,12-13H2,2-4H3;1H/b11-8+,17-16+,24-21?;. The lowest BCUT2D eigenvalue weighted by Gasteiger charge is -2.30. The van der Waals surface area contributed by atoms with Gasteiger partial charge in [0, 0.05) is 30.0 Å². The van der Waals surface area contributed by atoms with E-state index in [1.807, 2.05) is 13.8 Å². The van der Waals surface area contributed by atoms with E-state index in [1.165, 1.54) is 31.0 Å². The number of hydrogen-bond acceptors (Lipinski definition) is 2. The Morgan fingerprint density at radius 1 is 1.12 bits per heavy atom. The monoisotopic (exact) mass is 380 g/mol. The Balaban J connectivity index is 0.00000338. The van der Waals surface area contributed by atoms with Crippen LogP contribution in [0.25, 0.3) is 6.08 Å². The van der Waals surface area contributed by atoms with Crippen LogP contribution < -0.4 is 0 Å². The number of benzene rings is 1. The average Bonchev–Trinajstić information content (AvgIpc) is 2.60. The third-order valence-corrected chi connectivity index (χ3v) is 4.45. The first-order valence-corrected chi connectivity index (χ1v) is 8.68. The molecule has 1 saturated heterocycles. The highest BCUT2D eigenvalue weighted by molar-refractivity contribution is 6.10. The van der Waals surface area contributed by atoms with Crippen molar-refractivity contribution in [2.45, 2.75) is 40.0 Å². The highest BCUT2D eigenvalue weighted by Crippen LogP contribution is 2.20. The molecule has 0 amide bonds. The molecule has 0 unspecified atom stereocenters. The highest BCUT2D eigenvalue weighted by Gasteiger charge is 2.14. The first-order chi connectivity index (χ1) is 11.9. The quantitative estimate of drug-likeness (QED) is 0.559. The molecule has 1 fully saturated rings. The maximum Gasteiger partial charge on any atom is 0.130 e. The summed E-state index contributed by atoms with van der Waals surface area (Å²) >= 11 is 0. The van der Waals surface area contributed by atoms with Crippen LogP contribution in [-0.2, 0) is 0 Å². The van der Waals surface area contributed by atoms with Crippen molar-refractivity contribution < 1.29 is 8.78 Å². The number of aliphatic imine (C=N–C) groups is 1. The molecule has 2 nitrogen and oxygen atoms in total. The maximum atomic E-state index is 13.8. The van der Waals surface area contributed by atoms with Crippen LogP contribution in [-0.4, -0.2) is 23.7 Å². The summed E-state index contributed by atoms with van der Waals surface area (Å²) in [6.07, 6.45) is 6.96. The van der Waals surface area contributed by atoms with E-state index in [-0.39, 0.29) is 18.0 Å². The van der Waals surface area contributed by atoms with Crippen molar-refractivity contribution in [1.29, 1.82) is 0 Å². The van der Waals surface area contributed by atoms with E-state index in [1.54, 1.807) is 12.2 Å². The molecule has 1 heterocycles. The minimum absolute atomic E-state index is 0. The largest absolute Gasteiger partial charge is 0.375 e. The molecule has 0 spiro atoms. The lowest BCUT2D eigenvalue weighted by Crippen LogP contribution is -2.29. The van der Waals surface area contributed by atoms with Gasteiger partial charge in [0.2, 0.25) is 0 Å². The Morgan fingerprint density at radius 3 is 2.38 bits per heavy atom. The van der Waals surface area contributed by atoms with Crippen molar-refractivity contribution in [3.63, 3.8) is 0 Å². The van der Waals surface area contributed by atoms with E-state index >= 15 is 0 Å². The predicted molar refractivity (Wildman–Crippen MR) is 109 cm³/mol. The maximum absolute atomic E-state index is 13.8. The fourth-order valence-electron chi connectivity index (χ4n) is 2.91. The molecule has 1 aromatic carbocycles. The summed E-state index contributed by atoms with van der Waals surface area (Å²) in [7, 11) is 0. The van der Waals surface area contributed by atoms with Gasteiger partial charge < -0.3 is 4.90 Å². The number of allylic oxidation sites excluding steroid dienone is 4. The van der Waals surface area contributed by atoms with Crippen LogP contribution in [0.2, 0.25) is 0 Å². The van der Waals surface area contributed by atoms with Crippen LogP contribution >= 0.6 is 12.4 Å². The molecular weight excluding hydrogens is 354 g/mol. The Bertz CT molecular complexity index is 730. The van der Waals surface area contributed by atoms with Crippen LogP contribution in [0.4, 0.5) is 8.78 Å². The van der Waals surface area contributed by atoms with Crippen molar-refractivity contribution in [3.05, 3.63) is 65.0 Å². The number of nitrogens with zero attached hydrogens (tertiary/aromatic N) is 2. The van der Waals surface area contributed by atoms with Crippen LogP contribution in [0.1, 0.15) is 45.6 Å². The van der Waals surface area contributed by atoms with E-state index in [0.29, 0.717) is 5.70 Å². The van der Waals surface area contributed by atoms with E-state index in [4.69, 9.17) is 0 Å². The van der Waals surface area contributed by atoms with Gasteiger partial charge in [-0.3, -0.25) is 4.99 Å². The van der Waals surface area contributed by atoms with E-state index < -0.39 is 11.6 Å². The number of piperidine rings is 1. The van der Waals surface area contributed by atoms with Gasteiger partial charge in [-0.2, -0.15) is 0 Å². The first kappa shape index (κ1) is 22.1. The van der Waals surface area contributed by atoms with Crippen molar-refractivity contribution in [3.8, 4) is 0 Å². The summed E-state index contributed by atoms with van der Waals surface area (Å²) < 4.78 is 27.2. The highest BCUT2D eigenvalue weighted by atomic mass is 35.5. The molecule has 2 rings (SSSR count). The summed E-state index contributed by atoms with van der Waals surface area (Å²) in [5.74, 6) is -0.919. The van der Waals surface area contributed by atoms with Gasteiger partial charge in [-0.25, -0.2) is 8.78 Å². The minimum atomic E-state index is -0.462. The molecule has 0 bridgehead atoms. The fraction of sp³-hybridized carbons (Fsp3) is 0.381. The number of halogens is 3. The summed E-state index contributed by atoms with van der Waals surface area (Å²) in [5.41, 5.74) is 3.80. The molecule has 0 aliphatic carbocycles. The number of likely N-dealkylation sites (tertiary alicyclic amines) is 1. The lowest BCUT2D eigenvalue weighted by molar-refractivity contribution is 0.284. The third-order valence-electron chi connectivity index (χ3n) is 4.45. The summed E-state index contributed by atoms with van der Waals surface area (Å²) in [6, 6.07) is 3.42. The molecule has 0 aromatic heterocycles. The molecule has 0 atom stereocenters. The van der Waals surface area contributed by atoms with Crippen LogP contribution in [0.5, 0.6) is 0 Å². The normalized spacial score (nSPS) is 16.3. The van der Waals surface area contributed by atoms with Gasteiger partial charge in [-0.05, 0) is 76.0 Å². The second kappa shape index (κ2) is 10.3. The lowest BCUT2D eigenvalue weighted by atomic mass is 10.0. The number of hydrogen-bond donors (Lipinski definition) is 0. The fourth-order valence-corrected chi connectivity index (χ4v) is 2.91. The molecule has 26 heavy (non-hydrogen) atoms. The number of rotatable bonds is 5. The van der Waals surface area contributed by atoms with Gasteiger partial charge in [0.25, 0.3) is 0 Å². The second-order valence-corrected chi connectivity index (χ2v) is 6.49. The molecule has 142 valence electrons. The predicted octanol–water partition coefficient (Wildman–Crippen LogP) is 6.15. The van der Waals surface area contributed by atoms with E-state index in [2.05, 4.69) is 23.4 Å². The summed E-state index contributed by atoms with van der Waals surface area (Å²) in [5, 5.41) is 0. The summed E-state index contributed by atoms with van der Waals surface area (Å²) in [6.45, 7) is 11.9. The van der Waals surface area contributed by atoms with Crippen LogP contribution in [0.3, 0.4) is 0 Å². The molecule has 1 aliphatic rings. The Kier molecular flexibility index (Phi) is 8.73. The zero-order chi connectivity index (χ0) is 18.4. The van der Waals surface area contributed by atoms with Crippen molar-refractivity contribution in [2.24, 2.45) is 4.99 Å². The topological polar surface area (TPSA) is 15.6 Å². The van der Waals surface area contributed by atoms with Crippen LogP contribution in [0, 0.1) is 11.6 Å². The molecule has 0 N–H and O–H groups in total. The molecule has 5 heteroatoms. The SMILES string of the molecule is C=C(C)N=C(/C=C/c1cc(F)ccc1F)/C(C)=C(\C)N1CCCCC1.Cl. The zero-order valence-corrected chi connectivity index (χ0v) is 16.5.